The highest BCUT2D eigenvalue weighted by atomic mass is 16.5. The molecule has 2 N–H and O–H groups in total. The second-order valence-electron chi connectivity index (χ2n) is 5.11. The van der Waals surface area contributed by atoms with Gasteiger partial charge in [0.05, 0.1) is 6.04 Å². The number of hydrogen-bond acceptors (Lipinski definition) is 4. The van der Waals surface area contributed by atoms with Gasteiger partial charge < -0.3 is 10.3 Å². The molecule has 0 unspecified atom stereocenters. The van der Waals surface area contributed by atoms with Gasteiger partial charge >= 0.3 is 0 Å². The first kappa shape index (κ1) is 9.65. The van der Waals surface area contributed by atoms with E-state index in [-0.39, 0.29) is 11.5 Å². The molecule has 0 radical (unpaired) electrons. The molecule has 0 amide bonds. The molecule has 1 saturated carbocycles. The molecule has 1 aromatic rings. The van der Waals surface area contributed by atoms with E-state index in [0.29, 0.717) is 11.8 Å². The third kappa shape index (κ3) is 1.80. The second-order valence-corrected chi connectivity index (χ2v) is 5.11. The largest absolute Gasteiger partial charge is 0.338 e. The molecule has 14 heavy (non-hydrogen) atoms. The van der Waals surface area contributed by atoms with E-state index in [4.69, 9.17) is 10.3 Å². The molecule has 1 aliphatic carbocycles. The van der Waals surface area contributed by atoms with Crippen LogP contribution in [0.2, 0.25) is 0 Å². The second kappa shape index (κ2) is 3.05. The van der Waals surface area contributed by atoms with E-state index in [1.165, 1.54) is 12.8 Å². The van der Waals surface area contributed by atoms with Crippen molar-refractivity contribution in [1.29, 1.82) is 0 Å². The predicted molar refractivity (Wildman–Crippen MR) is 52.7 cm³/mol. The lowest BCUT2D eigenvalue weighted by Gasteiger charge is -2.23. The van der Waals surface area contributed by atoms with Gasteiger partial charge in [0.1, 0.15) is 0 Å². The molecule has 0 saturated heterocycles. The normalized spacial score (nSPS) is 19.7. The summed E-state index contributed by atoms with van der Waals surface area (Å²) in [5, 5.41) is 3.95. The van der Waals surface area contributed by atoms with Crippen LogP contribution in [0.25, 0.3) is 0 Å². The van der Waals surface area contributed by atoms with E-state index in [1.807, 2.05) is 0 Å². The van der Waals surface area contributed by atoms with Crippen LogP contribution < -0.4 is 5.73 Å². The maximum absolute atomic E-state index is 6.01. The van der Waals surface area contributed by atoms with Crippen LogP contribution in [0.5, 0.6) is 0 Å². The van der Waals surface area contributed by atoms with Crippen molar-refractivity contribution in [3.05, 3.63) is 11.7 Å². The Bertz CT molecular complexity index is 322. The summed E-state index contributed by atoms with van der Waals surface area (Å²) < 4.78 is 5.17. The molecule has 0 aliphatic heterocycles. The maximum Gasteiger partial charge on any atom is 0.244 e. The van der Waals surface area contributed by atoms with Crippen LogP contribution in [-0.4, -0.2) is 10.1 Å². The monoisotopic (exact) mass is 195 g/mol. The lowest BCUT2D eigenvalue weighted by atomic mass is 9.87. The van der Waals surface area contributed by atoms with Gasteiger partial charge in [-0.25, -0.2) is 0 Å². The van der Waals surface area contributed by atoms with Gasteiger partial charge in [-0.3, -0.25) is 0 Å². The Morgan fingerprint density at radius 1 is 1.43 bits per heavy atom. The van der Waals surface area contributed by atoms with Crippen molar-refractivity contribution in [2.45, 2.75) is 45.6 Å². The quantitative estimate of drug-likeness (QED) is 0.783. The summed E-state index contributed by atoms with van der Waals surface area (Å²) in [6.45, 7) is 6.20. The van der Waals surface area contributed by atoms with E-state index in [1.54, 1.807) is 0 Å². The average Bonchev–Trinajstić information content (AvgIpc) is 2.82. The standard InChI is InChI=1S/C10H17N3O/c1-10(2,3)7(11)9-12-8(13-14-9)6-4-5-6/h6-7H,4-5,11H2,1-3H3/t7-/m1/s1. The van der Waals surface area contributed by atoms with Crippen LogP contribution in [0.15, 0.2) is 4.52 Å². The topological polar surface area (TPSA) is 64.9 Å². The number of nitrogens with zero attached hydrogens (tertiary/aromatic N) is 2. The van der Waals surface area contributed by atoms with E-state index >= 15 is 0 Å². The Morgan fingerprint density at radius 2 is 2.07 bits per heavy atom. The fourth-order valence-electron chi connectivity index (χ4n) is 1.25. The van der Waals surface area contributed by atoms with Gasteiger partial charge in [-0.15, -0.1) is 0 Å². The maximum atomic E-state index is 6.01. The van der Waals surface area contributed by atoms with Crippen molar-refractivity contribution in [2.24, 2.45) is 11.1 Å². The highest BCUT2D eigenvalue weighted by molar-refractivity contribution is 5.05. The Labute approximate surface area is 83.9 Å². The molecule has 4 heteroatoms. The molecular weight excluding hydrogens is 178 g/mol. The van der Waals surface area contributed by atoms with Crippen molar-refractivity contribution in [3.8, 4) is 0 Å². The van der Waals surface area contributed by atoms with E-state index in [2.05, 4.69) is 30.9 Å². The third-order valence-electron chi connectivity index (χ3n) is 2.60. The van der Waals surface area contributed by atoms with Crippen molar-refractivity contribution < 1.29 is 4.52 Å². The minimum atomic E-state index is -0.178. The Hall–Kier alpha value is -0.900. The van der Waals surface area contributed by atoms with Gasteiger partial charge in [0.25, 0.3) is 0 Å². The van der Waals surface area contributed by atoms with E-state index < -0.39 is 0 Å². The first-order chi connectivity index (χ1) is 6.48. The van der Waals surface area contributed by atoms with Gasteiger partial charge in [-0.2, -0.15) is 4.98 Å². The highest BCUT2D eigenvalue weighted by Gasteiger charge is 2.32. The summed E-state index contributed by atoms with van der Waals surface area (Å²) in [7, 11) is 0. The number of nitrogens with two attached hydrogens (primary N) is 1. The zero-order chi connectivity index (χ0) is 10.3. The number of hydrogen-bond donors (Lipinski definition) is 1. The molecule has 1 aromatic heterocycles. The summed E-state index contributed by atoms with van der Waals surface area (Å²) >= 11 is 0. The van der Waals surface area contributed by atoms with Crippen LogP contribution in [0, 0.1) is 5.41 Å². The predicted octanol–water partition coefficient (Wildman–Crippen LogP) is 1.99. The summed E-state index contributed by atoms with van der Waals surface area (Å²) in [6, 6.07) is -0.178. The Kier molecular flexibility index (Phi) is 2.10. The molecule has 0 aromatic carbocycles. The molecule has 1 aliphatic rings. The van der Waals surface area contributed by atoms with Crippen molar-refractivity contribution in [2.75, 3.05) is 0 Å². The molecule has 0 bridgehead atoms. The molecule has 4 nitrogen and oxygen atoms in total. The van der Waals surface area contributed by atoms with Crippen LogP contribution in [0.1, 0.15) is 57.3 Å². The molecular formula is C10H17N3O. The van der Waals surface area contributed by atoms with Crippen LogP contribution in [-0.2, 0) is 0 Å². The zero-order valence-corrected chi connectivity index (χ0v) is 8.95. The first-order valence-corrected chi connectivity index (χ1v) is 5.07. The van der Waals surface area contributed by atoms with Crippen molar-refractivity contribution >= 4 is 0 Å². The van der Waals surface area contributed by atoms with Crippen LogP contribution in [0.3, 0.4) is 0 Å². The third-order valence-corrected chi connectivity index (χ3v) is 2.60. The highest BCUT2D eigenvalue weighted by Crippen LogP contribution is 2.39. The summed E-state index contributed by atoms with van der Waals surface area (Å²) in [4.78, 5) is 4.34. The SMILES string of the molecule is CC(C)(C)[C@H](N)c1nc(C2CC2)no1. The Balaban J connectivity index is 2.15. The van der Waals surface area contributed by atoms with Crippen LogP contribution in [0.4, 0.5) is 0 Å². The molecule has 0 spiro atoms. The molecule has 1 atom stereocenters. The van der Waals surface area contributed by atoms with Gasteiger partial charge in [0.2, 0.25) is 5.89 Å². The minimum absolute atomic E-state index is 0.0344. The smallest absolute Gasteiger partial charge is 0.244 e. The van der Waals surface area contributed by atoms with Gasteiger partial charge in [0.15, 0.2) is 5.82 Å². The van der Waals surface area contributed by atoms with Crippen molar-refractivity contribution in [1.82, 2.24) is 10.1 Å². The number of rotatable bonds is 2. The fraction of sp³-hybridized carbons (Fsp3) is 0.800. The van der Waals surface area contributed by atoms with Crippen molar-refractivity contribution in [3.63, 3.8) is 0 Å². The van der Waals surface area contributed by atoms with E-state index in [9.17, 15) is 0 Å². The molecule has 1 heterocycles. The van der Waals surface area contributed by atoms with Crippen LogP contribution >= 0.6 is 0 Å². The summed E-state index contributed by atoms with van der Waals surface area (Å²) in [5.74, 6) is 1.93. The van der Waals surface area contributed by atoms with Gasteiger partial charge in [0, 0.05) is 5.92 Å². The Morgan fingerprint density at radius 3 is 2.57 bits per heavy atom. The molecule has 1 fully saturated rings. The average molecular weight is 195 g/mol. The van der Waals surface area contributed by atoms with Gasteiger partial charge in [-0.1, -0.05) is 25.9 Å². The fourth-order valence-corrected chi connectivity index (χ4v) is 1.25. The van der Waals surface area contributed by atoms with Gasteiger partial charge in [-0.05, 0) is 18.3 Å². The summed E-state index contributed by atoms with van der Waals surface area (Å²) in [5.41, 5.74) is 5.98. The minimum Gasteiger partial charge on any atom is -0.338 e. The number of aromatic nitrogens is 2. The van der Waals surface area contributed by atoms with E-state index in [0.717, 1.165) is 5.82 Å². The lowest BCUT2D eigenvalue weighted by Crippen LogP contribution is -2.26. The lowest BCUT2D eigenvalue weighted by molar-refractivity contribution is 0.252. The molecule has 78 valence electrons. The first-order valence-electron chi connectivity index (χ1n) is 5.07. The zero-order valence-electron chi connectivity index (χ0n) is 8.95. The summed E-state index contributed by atoms with van der Waals surface area (Å²) in [6.07, 6.45) is 2.37. The molecule has 2 rings (SSSR count).